The molecule has 0 saturated heterocycles. The maximum Gasteiger partial charge on any atom is 0.0708 e. The van der Waals surface area contributed by atoms with Crippen LogP contribution in [0.1, 0.15) is 76.4 Å². The highest BCUT2D eigenvalue weighted by molar-refractivity contribution is 6.00. The number of nitrogens with one attached hydrogen (secondary N) is 1. The molecule has 1 aliphatic heterocycles. The molecule has 6 aromatic carbocycles. The first-order valence-electron chi connectivity index (χ1n) is 18.7. The van der Waals surface area contributed by atoms with E-state index in [1.807, 2.05) is 6.07 Å². The molecule has 0 amide bonds. The van der Waals surface area contributed by atoms with Crippen LogP contribution in [0.5, 0.6) is 0 Å². The Balaban J connectivity index is 1.12. The van der Waals surface area contributed by atoms with Crippen LogP contribution in [0, 0.1) is 6.92 Å². The molecule has 0 fully saturated rings. The van der Waals surface area contributed by atoms with E-state index in [0.717, 1.165) is 65.0 Å². The fourth-order valence-corrected chi connectivity index (χ4v) is 7.47. The Morgan fingerprint density at radius 3 is 2.13 bits per heavy atom. The molecule has 5 N–H and O–H groups in total. The molecule has 1 aliphatic rings. The number of aryl methyl sites for hydroxylation is 2. The minimum Gasteiger partial charge on any atom is -0.398 e. The number of allylic oxidation sites excluding steroid dienone is 4. The summed E-state index contributed by atoms with van der Waals surface area (Å²) in [6, 6.07) is 43.1. The number of anilines is 3. The number of hydrogen-bond acceptors (Lipinski definition) is 3. The first-order chi connectivity index (χ1) is 25.9. The van der Waals surface area contributed by atoms with Crippen LogP contribution in [0.15, 0.2) is 145 Å². The Kier molecular flexibility index (Phi) is 10.7. The first kappa shape index (κ1) is 35.3. The lowest BCUT2D eigenvalue weighted by Crippen LogP contribution is -2.15. The van der Waals surface area contributed by atoms with Crippen molar-refractivity contribution in [2.75, 3.05) is 16.8 Å². The van der Waals surface area contributed by atoms with E-state index in [-0.39, 0.29) is 6.04 Å². The van der Waals surface area contributed by atoms with Gasteiger partial charge in [-0.25, -0.2) is 0 Å². The number of hydrogen-bond donors (Lipinski definition) is 3. The summed E-state index contributed by atoms with van der Waals surface area (Å²) in [5.41, 5.74) is 29.4. The quantitative estimate of drug-likeness (QED) is 0.0936. The summed E-state index contributed by atoms with van der Waals surface area (Å²) in [6.07, 6.45) is 17.2. The van der Waals surface area contributed by atoms with Crippen LogP contribution in [-0.4, -0.2) is 0 Å². The van der Waals surface area contributed by atoms with Gasteiger partial charge >= 0.3 is 0 Å². The van der Waals surface area contributed by atoms with Crippen LogP contribution < -0.4 is 16.8 Å². The maximum absolute atomic E-state index is 6.82. The lowest BCUT2D eigenvalue weighted by molar-refractivity contribution is 0.821. The molecule has 7 rings (SSSR count). The monoisotopic (exact) mass is 691 g/mol. The van der Waals surface area contributed by atoms with Gasteiger partial charge in [-0.15, -0.1) is 0 Å². The molecule has 3 nitrogen and oxygen atoms in total. The van der Waals surface area contributed by atoms with Gasteiger partial charge in [0.05, 0.1) is 17.4 Å². The molecule has 0 saturated carbocycles. The zero-order chi connectivity index (χ0) is 36.7. The van der Waals surface area contributed by atoms with Crippen molar-refractivity contribution < 1.29 is 0 Å². The fourth-order valence-electron chi connectivity index (χ4n) is 7.47. The molecule has 0 aromatic heterocycles. The average Bonchev–Trinajstić information content (AvgIpc) is 3.19. The summed E-state index contributed by atoms with van der Waals surface area (Å²) in [7, 11) is 0. The Hall–Kier alpha value is -6.06. The molecule has 3 heteroatoms. The Bertz CT molecular complexity index is 2360. The highest BCUT2D eigenvalue weighted by Gasteiger charge is 2.21. The highest BCUT2D eigenvalue weighted by Crippen LogP contribution is 2.40. The number of nitrogens with two attached hydrogens (primary N) is 2. The van der Waals surface area contributed by atoms with Crippen LogP contribution in [0.4, 0.5) is 17.1 Å². The van der Waals surface area contributed by atoms with Crippen LogP contribution in [0.3, 0.4) is 0 Å². The van der Waals surface area contributed by atoms with Gasteiger partial charge in [0.15, 0.2) is 0 Å². The Labute approximate surface area is 315 Å². The second-order valence-corrected chi connectivity index (χ2v) is 14.3. The molecule has 6 aromatic rings. The van der Waals surface area contributed by atoms with Crippen molar-refractivity contribution in [1.29, 1.82) is 0 Å². The smallest absolute Gasteiger partial charge is 0.0708 e. The average molecular weight is 692 g/mol. The van der Waals surface area contributed by atoms with Gasteiger partial charge < -0.3 is 16.8 Å². The predicted octanol–water partition coefficient (Wildman–Crippen LogP) is 12.4. The zero-order valence-electron chi connectivity index (χ0n) is 31.1. The molecule has 1 heterocycles. The van der Waals surface area contributed by atoms with Gasteiger partial charge in [-0.05, 0) is 113 Å². The zero-order valence-corrected chi connectivity index (χ0v) is 31.1. The summed E-state index contributed by atoms with van der Waals surface area (Å²) >= 11 is 0. The number of nitrogen functional groups attached to an aromatic ring is 2. The molecular weight excluding hydrogens is 643 g/mol. The maximum atomic E-state index is 6.82. The molecule has 264 valence electrons. The lowest BCUT2D eigenvalue weighted by atomic mass is 9.88. The van der Waals surface area contributed by atoms with Crippen LogP contribution in [0.2, 0.25) is 0 Å². The van der Waals surface area contributed by atoms with Gasteiger partial charge in [-0.1, -0.05) is 163 Å². The van der Waals surface area contributed by atoms with Crippen LogP contribution in [0.25, 0.3) is 34.6 Å². The summed E-state index contributed by atoms with van der Waals surface area (Å²) in [5.74, 6) is 0. The minimum atomic E-state index is -0.0187. The third-order valence-corrected chi connectivity index (χ3v) is 10.5. The SMILES string of the molecule is CC(C)=C(/C=C\c1ccc(CCCc2ccccc2)c(N)c1C)c1ccc(C2C=Cc3ccc(/C=C\Cc4ccccc4)c(N)c3N2)c2ccccc12. The second kappa shape index (κ2) is 16.1. The third kappa shape index (κ3) is 7.90. The predicted molar refractivity (Wildman–Crippen MR) is 231 cm³/mol. The first-order valence-corrected chi connectivity index (χ1v) is 18.7. The Morgan fingerprint density at radius 1 is 0.679 bits per heavy atom. The third-order valence-electron chi connectivity index (χ3n) is 10.5. The largest absolute Gasteiger partial charge is 0.398 e. The van der Waals surface area contributed by atoms with E-state index in [4.69, 9.17) is 11.5 Å². The molecule has 0 radical (unpaired) electrons. The van der Waals surface area contributed by atoms with Crippen LogP contribution in [-0.2, 0) is 19.3 Å². The Morgan fingerprint density at radius 2 is 1.38 bits per heavy atom. The summed E-state index contributed by atoms with van der Waals surface area (Å²) < 4.78 is 0. The number of fused-ring (bicyclic) bond motifs is 2. The molecule has 1 unspecified atom stereocenters. The van der Waals surface area contributed by atoms with E-state index in [1.165, 1.54) is 49.7 Å². The van der Waals surface area contributed by atoms with Crippen molar-refractivity contribution in [3.05, 3.63) is 195 Å². The second-order valence-electron chi connectivity index (χ2n) is 14.3. The molecule has 1 atom stereocenters. The topological polar surface area (TPSA) is 64.1 Å². The summed E-state index contributed by atoms with van der Waals surface area (Å²) in [6.45, 7) is 6.52. The standard InChI is InChI=1S/C50H49N3/c1-34(2)42(30-28-38-24-25-39(48(51)35(38)3)20-12-18-36-14-6-4-7-15-36)45-31-32-46(44-23-11-10-22-43(44)45)47-33-29-41-27-26-40(49(52)50(41)53-47)21-13-19-37-16-8-5-9-17-37/h4-11,13-17,21-33,47,53H,12,18-20,51-52H2,1-3H3/b21-13-,30-28-. The lowest BCUT2D eigenvalue weighted by Gasteiger charge is -2.26. The molecule has 53 heavy (non-hydrogen) atoms. The van der Waals surface area contributed by atoms with Crippen molar-refractivity contribution in [2.24, 2.45) is 0 Å². The molecular formula is C50H49N3. The van der Waals surface area contributed by atoms with E-state index in [1.54, 1.807) is 0 Å². The highest BCUT2D eigenvalue weighted by atomic mass is 14.9. The van der Waals surface area contributed by atoms with Gasteiger partial charge in [-0.2, -0.15) is 0 Å². The van der Waals surface area contributed by atoms with Crippen LogP contribution >= 0.6 is 0 Å². The van der Waals surface area contributed by atoms with Gasteiger partial charge in [0.25, 0.3) is 0 Å². The van der Waals surface area contributed by atoms with Gasteiger partial charge in [0.1, 0.15) is 0 Å². The number of rotatable bonds is 11. The van der Waals surface area contributed by atoms with E-state index in [2.05, 4.69) is 178 Å². The van der Waals surface area contributed by atoms with E-state index >= 15 is 0 Å². The summed E-state index contributed by atoms with van der Waals surface area (Å²) in [4.78, 5) is 0. The normalized spacial score (nSPS) is 13.8. The van der Waals surface area contributed by atoms with Crippen molar-refractivity contribution in [3.8, 4) is 0 Å². The molecule has 0 spiro atoms. The van der Waals surface area contributed by atoms with E-state index in [9.17, 15) is 0 Å². The van der Waals surface area contributed by atoms with Gasteiger partial charge in [0, 0.05) is 5.69 Å². The van der Waals surface area contributed by atoms with E-state index in [0.29, 0.717) is 0 Å². The van der Waals surface area contributed by atoms with Crippen molar-refractivity contribution >= 4 is 51.6 Å². The van der Waals surface area contributed by atoms with E-state index < -0.39 is 0 Å². The van der Waals surface area contributed by atoms with Crippen molar-refractivity contribution in [3.63, 3.8) is 0 Å². The molecule has 0 bridgehead atoms. The molecule has 0 aliphatic carbocycles. The van der Waals surface area contributed by atoms with Crippen molar-refractivity contribution in [2.45, 2.75) is 52.5 Å². The van der Waals surface area contributed by atoms with Gasteiger partial charge in [0.2, 0.25) is 0 Å². The van der Waals surface area contributed by atoms with Crippen molar-refractivity contribution in [1.82, 2.24) is 0 Å². The number of benzene rings is 6. The fraction of sp³-hybridized carbons (Fsp3) is 0.160. The van der Waals surface area contributed by atoms with Gasteiger partial charge in [-0.3, -0.25) is 0 Å². The summed E-state index contributed by atoms with van der Waals surface area (Å²) in [5, 5.41) is 6.24. The minimum absolute atomic E-state index is 0.0187.